The number of rotatable bonds is 8. The first-order chi connectivity index (χ1) is 20.6. The number of carbonyl (C=O) groups is 1. The van der Waals surface area contributed by atoms with Gasteiger partial charge >= 0.3 is 6.01 Å². The van der Waals surface area contributed by atoms with Crippen molar-refractivity contribution >= 4 is 28.2 Å². The second-order valence-corrected chi connectivity index (χ2v) is 12.2. The van der Waals surface area contributed by atoms with Gasteiger partial charge in [-0.2, -0.15) is 9.97 Å². The molecule has 2 atom stereocenters. The maximum Gasteiger partial charge on any atom is 0.318 e. The SMILES string of the molecule is C=CC(=O)N1CCN(c2nc(OCCCN3C[C@H]4CC[C@@H]3C4)nc3c2CCN(c2cc(O)cc4ccccc24)C3)CC1. The number of aromatic nitrogens is 2. The Hall–Kier alpha value is -3.85. The van der Waals surface area contributed by atoms with E-state index in [2.05, 4.69) is 27.3 Å². The number of amides is 1. The molecule has 0 radical (unpaired) electrons. The molecule has 2 saturated heterocycles. The number of aromatic hydroxyl groups is 1. The van der Waals surface area contributed by atoms with Gasteiger partial charge in [0.05, 0.1) is 18.8 Å². The molecule has 1 amide bonds. The highest BCUT2D eigenvalue weighted by Crippen LogP contribution is 2.38. The molecule has 9 heteroatoms. The van der Waals surface area contributed by atoms with Gasteiger partial charge in [-0.3, -0.25) is 9.69 Å². The Balaban J connectivity index is 1.12. The van der Waals surface area contributed by atoms with Crippen molar-refractivity contribution in [3.8, 4) is 11.8 Å². The van der Waals surface area contributed by atoms with Gasteiger partial charge in [0.25, 0.3) is 0 Å². The maximum atomic E-state index is 12.2. The van der Waals surface area contributed by atoms with Crippen LogP contribution in [0.2, 0.25) is 0 Å². The fraction of sp³-hybridized carbons (Fsp3) is 0.485. The van der Waals surface area contributed by atoms with Crippen LogP contribution in [0.15, 0.2) is 49.1 Å². The average Bonchev–Trinajstić information content (AvgIpc) is 3.65. The van der Waals surface area contributed by atoms with Crippen molar-refractivity contribution in [3.05, 3.63) is 60.3 Å². The van der Waals surface area contributed by atoms with Gasteiger partial charge in [0, 0.05) is 74.6 Å². The number of carbonyl (C=O) groups excluding carboxylic acids is 1. The van der Waals surface area contributed by atoms with Crippen LogP contribution in [0.5, 0.6) is 11.8 Å². The lowest BCUT2D eigenvalue weighted by Gasteiger charge is -2.38. The number of anilines is 2. The Labute approximate surface area is 247 Å². The number of likely N-dealkylation sites (tertiary alicyclic amines) is 1. The average molecular weight is 569 g/mol. The van der Waals surface area contributed by atoms with E-state index in [1.807, 2.05) is 35.2 Å². The van der Waals surface area contributed by atoms with E-state index in [4.69, 9.17) is 14.7 Å². The van der Waals surface area contributed by atoms with Gasteiger partial charge in [-0.05, 0) is 55.6 Å². The predicted molar refractivity (Wildman–Crippen MR) is 164 cm³/mol. The minimum atomic E-state index is -0.0244. The van der Waals surface area contributed by atoms with Crippen molar-refractivity contribution in [2.24, 2.45) is 5.92 Å². The Kier molecular flexibility index (Phi) is 7.36. The zero-order chi connectivity index (χ0) is 28.6. The molecule has 9 nitrogen and oxygen atoms in total. The third kappa shape index (κ3) is 5.26. The molecule has 0 unspecified atom stereocenters. The molecular weight excluding hydrogens is 528 g/mol. The maximum absolute atomic E-state index is 12.2. The number of phenols is 1. The molecule has 1 aromatic heterocycles. The molecule has 3 aliphatic heterocycles. The lowest BCUT2D eigenvalue weighted by molar-refractivity contribution is -0.126. The number of nitrogens with zero attached hydrogens (tertiary/aromatic N) is 6. The summed E-state index contributed by atoms with van der Waals surface area (Å²) in [6.07, 6.45) is 7.26. The Morgan fingerprint density at radius 3 is 2.71 bits per heavy atom. The molecule has 4 aliphatic rings. The minimum Gasteiger partial charge on any atom is -0.508 e. The zero-order valence-electron chi connectivity index (χ0n) is 24.2. The molecule has 1 N–H and O–H groups in total. The molecule has 1 aliphatic carbocycles. The summed E-state index contributed by atoms with van der Waals surface area (Å²) in [6, 6.07) is 13.0. The van der Waals surface area contributed by atoms with Crippen LogP contribution in [0, 0.1) is 5.92 Å². The molecular formula is C33H40N6O3. The lowest BCUT2D eigenvalue weighted by atomic mass is 10.0. The quantitative estimate of drug-likeness (QED) is 0.323. The van der Waals surface area contributed by atoms with Gasteiger partial charge in [0.15, 0.2) is 0 Å². The predicted octanol–water partition coefficient (Wildman–Crippen LogP) is 3.99. The number of hydrogen-bond donors (Lipinski definition) is 1. The normalized spacial score (nSPS) is 22.0. The Bertz CT molecular complexity index is 1490. The summed E-state index contributed by atoms with van der Waals surface area (Å²) in [7, 11) is 0. The van der Waals surface area contributed by atoms with Crippen molar-refractivity contribution in [1.82, 2.24) is 19.8 Å². The minimum absolute atomic E-state index is 0.0244. The highest BCUT2D eigenvalue weighted by molar-refractivity contribution is 5.95. The van der Waals surface area contributed by atoms with Gasteiger partial charge in [-0.25, -0.2) is 0 Å². The van der Waals surface area contributed by atoms with Crippen molar-refractivity contribution in [2.45, 2.75) is 44.7 Å². The van der Waals surface area contributed by atoms with Gasteiger partial charge in [-0.15, -0.1) is 0 Å². The van der Waals surface area contributed by atoms with Crippen LogP contribution in [-0.4, -0.2) is 89.2 Å². The zero-order valence-corrected chi connectivity index (χ0v) is 24.2. The van der Waals surface area contributed by atoms with Crippen LogP contribution in [0.25, 0.3) is 10.8 Å². The molecule has 220 valence electrons. The second-order valence-electron chi connectivity index (χ2n) is 12.2. The first-order valence-corrected chi connectivity index (χ1v) is 15.5. The number of phenolic OH excluding ortho intramolecular Hbond substituents is 1. The third-order valence-corrected chi connectivity index (χ3v) is 9.60. The van der Waals surface area contributed by atoms with E-state index in [-0.39, 0.29) is 11.7 Å². The van der Waals surface area contributed by atoms with Gasteiger partial charge in [0.2, 0.25) is 5.91 Å². The van der Waals surface area contributed by atoms with Gasteiger partial charge in [-0.1, -0.05) is 30.8 Å². The Morgan fingerprint density at radius 1 is 1.07 bits per heavy atom. The molecule has 42 heavy (non-hydrogen) atoms. The highest BCUT2D eigenvalue weighted by atomic mass is 16.5. The van der Waals surface area contributed by atoms with Gasteiger partial charge in [0.1, 0.15) is 11.6 Å². The largest absolute Gasteiger partial charge is 0.508 e. The summed E-state index contributed by atoms with van der Waals surface area (Å²) < 4.78 is 6.24. The van der Waals surface area contributed by atoms with E-state index >= 15 is 0 Å². The first kappa shape index (κ1) is 27.0. The van der Waals surface area contributed by atoms with Crippen LogP contribution in [-0.2, 0) is 17.8 Å². The molecule has 4 heterocycles. The lowest BCUT2D eigenvalue weighted by Crippen LogP contribution is -2.49. The summed E-state index contributed by atoms with van der Waals surface area (Å²) >= 11 is 0. The third-order valence-electron chi connectivity index (χ3n) is 9.60. The van der Waals surface area contributed by atoms with Crippen molar-refractivity contribution in [1.29, 1.82) is 0 Å². The van der Waals surface area contributed by atoms with Gasteiger partial charge < -0.3 is 24.5 Å². The summed E-state index contributed by atoms with van der Waals surface area (Å²) in [6.45, 7) is 10.6. The standard InChI is InChI=1S/C33H40N6O3/c1-2-31(41)36-13-15-37(16-14-36)32-28-10-12-39(30-20-26(40)19-24-6-3-4-7-27(24)30)22-29(28)34-33(35-32)42-17-5-11-38-21-23-8-9-25(38)18-23/h2-4,6-7,19-20,23,25,40H,1,5,8-18,21-22H2/t23-,25+/m0/s1. The summed E-state index contributed by atoms with van der Waals surface area (Å²) in [5.41, 5.74) is 3.13. The molecule has 3 aromatic rings. The number of hydrogen-bond acceptors (Lipinski definition) is 8. The molecule has 1 saturated carbocycles. The number of piperidine rings is 1. The van der Waals surface area contributed by atoms with Crippen LogP contribution in [0.1, 0.15) is 36.9 Å². The number of fused-ring (bicyclic) bond motifs is 4. The van der Waals surface area contributed by atoms with E-state index in [0.717, 1.165) is 71.4 Å². The smallest absolute Gasteiger partial charge is 0.318 e. The number of benzene rings is 2. The van der Waals surface area contributed by atoms with E-state index < -0.39 is 0 Å². The number of ether oxygens (including phenoxy) is 1. The topological polar surface area (TPSA) is 85.3 Å². The van der Waals surface area contributed by atoms with Crippen LogP contribution < -0.4 is 14.5 Å². The Morgan fingerprint density at radius 2 is 1.93 bits per heavy atom. The molecule has 2 bridgehead atoms. The van der Waals surface area contributed by atoms with Crippen LogP contribution in [0.3, 0.4) is 0 Å². The summed E-state index contributed by atoms with van der Waals surface area (Å²) in [5, 5.41) is 12.6. The molecule has 2 aromatic carbocycles. The van der Waals surface area contributed by atoms with E-state index in [1.54, 1.807) is 0 Å². The van der Waals surface area contributed by atoms with Crippen molar-refractivity contribution in [2.75, 3.05) is 62.2 Å². The highest BCUT2D eigenvalue weighted by Gasteiger charge is 2.37. The van der Waals surface area contributed by atoms with Crippen LogP contribution >= 0.6 is 0 Å². The van der Waals surface area contributed by atoms with E-state index in [9.17, 15) is 9.90 Å². The monoisotopic (exact) mass is 568 g/mol. The summed E-state index contributed by atoms with van der Waals surface area (Å²) in [5.74, 6) is 2.07. The molecule has 3 fully saturated rings. The molecule has 7 rings (SSSR count). The van der Waals surface area contributed by atoms with E-state index in [0.29, 0.717) is 45.3 Å². The first-order valence-electron chi connectivity index (χ1n) is 15.5. The fourth-order valence-electron chi connectivity index (χ4n) is 7.46. The van der Waals surface area contributed by atoms with Crippen molar-refractivity contribution in [3.63, 3.8) is 0 Å². The number of piperazine rings is 1. The van der Waals surface area contributed by atoms with Crippen molar-refractivity contribution < 1.29 is 14.6 Å². The van der Waals surface area contributed by atoms with E-state index in [1.165, 1.54) is 31.9 Å². The summed E-state index contributed by atoms with van der Waals surface area (Å²) in [4.78, 5) is 31.2. The fourth-order valence-corrected chi connectivity index (χ4v) is 7.46. The molecule has 0 spiro atoms. The second kappa shape index (κ2) is 11.4. The van der Waals surface area contributed by atoms with Crippen LogP contribution in [0.4, 0.5) is 11.5 Å².